The molecular formula is C21H38IN3O3. The zero-order valence-electron chi connectivity index (χ0n) is 17.8. The van der Waals surface area contributed by atoms with Gasteiger partial charge in [-0.1, -0.05) is 25.5 Å². The minimum absolute atomic E-state index is 0. The minimum atomic E-state index is 0. The third-order valence-corrected chi connectivity index (χ3v) is 4.31. The molecule has 3 N–H and O–H groups in total. The Bertz CT molecular complexity index is 550. The zero-order valence-corrected chi connectivity index (χ0v) is 20.1. The molecule has 0 spiro atoms. The van der Waals surface area contributed by atoms with Crippen LogP contribution in [0.3, 0.4) is 0 Å². The van der Waals surface area contributed by atoms with E-state index >= 15 is 0 Å². The number of nitrogens with zero attached hydrogens (tertiary/aromatic N) is 1. The highest BCUT2D eigenvalue weighted by molar-refractivity contribution is 14.0. The summed E-state index contributed by atoms with van der Waals surface area (Å²) < 4.78 is 10.9. The van der Waals surface area contributed by atoms with Gasteiger partial charge in [0.2, 0.25) is 0 Å². The van der Waals surface area contributed by atoms with Gasteiger partial charge in [-0.05, 0) is 44.2 Å². The van der Waals surface area contributed by atoms with Crippen LogP contribution in [0.4, 0.5) is 0 Å². The number of guanidine groups is 1. The van der Waals surface area contributed by atoms with Crippen LogP contribution < -0.4 is 15.4 Å². The van der Waals surface area contributed by atoms with E-state index in [1.54, 1.807) is 7.11 Å². The smallest absolute Gasteiger partial charge is 0.191 e. The number of aliphatic hydroxyl groups excluding tert-OH is 1. The lowest BCUT2D eigenvalue weighted by Crippen LogP contribution is -2.40. The van der Waals surface area contributed by atoms with Crippen molar-refractivity contribution in [3.8, 4) is 5.75 Å². The number of halogens is 1. The molecule has 0 aliphatic heterocycles. The normalized spacial score (nSPS) is 12.2. The van der Waals surface area contributed by atoms with Gasteiger partial charge in [0.05, 0.1) is 13.2 Å². The van der Waals surface area contributed by atoms with Gasteiger partial charge in [0, 0.05) is 32.4 Å². The van der Waals surface area contributed by atoms with Crippen molar-refractivity contribution in [3.63, 3.8) is 0 Å². The summed E-state index contributed by atoms with van der Waals surface area (Å²) in [5, 5.41) is 15.9. The van der Waals surface area contributed by atoms with Gasteiger partial charge >= 0.3 is 0 Å². The lowest BCUT2D eigenvalue weighted by Gasteiger charge is -2.18. The fraction of sp³-hybridized carbons (Fsp3) is 0.667. The van der Waals surface area contributed by atoms with E-state index in [2.05, 4.69) is 43.5 Å². The molecule has 0 aliphatic rings. The molecule has 7 heteroatoms. The number of nitrogens with one attached hydrogen (secondary N) is 2. The fourth-order valence-electron chi connectivity index (χ4n) is 2.85. The van der Waals surface area contributed by atoms with E-state index in [-0.39, 0.29) is 30.6 Å². The van der Waals surface area contributed by atoms with Crippen LogP contribution in [0.15, 0.2) is 23.2 Å². The van der Waals surface area contributed by atoms with Gasteiger partial charge in [0.1, 0.15) is 12.4 Å². The highest BCUT2D eigenvalue weighted by Crippen LogP contribution is 2.21. The molecule has 0 heterocycles. The molecule has 0 aliphatic carbocycles. The van der Waals surface area contributed by atoms with Crippen molar-refractivity contribution >= 4 is 29.9 Å². The van der Waals surface area contributed by atoms with E-state index in [0.29, 0.717) is 25.7 Å². The van der Waals surface area contributed by atoms with Gasteiger partial charge in [0.15, 0.2) is 5.96 Å². The summed E-state index contributed by atoms with van der Waals surface area (Å²) in [7, 11) is 1.67. The first-order valence-electron chi connectivity index (χ1n) is 9.98. The van der Waals surface area contributed by atoms with Crippen LogP contribution in [-0.2, 0) is 11.3 Å². The van der Waals surface area contributed by atoms with Crippen LogP contribution in [0.25, 0.3) is 0 Å². The van der Waals surface area contributed by atoms with E-state index in [4.69, 9.17) is 14.5 Å². The average Bonchev–Trinajstić information content (AvgIpc) is 2.65. The van der Waals surface area contributed by atoms with E-state index < -0.39 is 0 Å². The van der Waals surface area contributed by atoms with Crippen LogP contribution in [0.5, 0.6) is 5.75 Å². The molecule has 1 atom stereocenters. The second-order valence-electron chi connectivity index (χ2n) is 6.70. The van der Waals surface area contributed by atoms with Gasteiger partial charge in [-0.15, -0.1) is 24.0 Å². The summed E-state index contributed by atoms with van der Waals surface area (Å²) in [5.74, 6) is 2.10. The van der Waals surface area contributed by atoms with E-state index in [9.17, 15) is 5.11 Å². The predicted molar refractivity (Wildman–Crippen MR) is 127 cm³/mol. The quantitative estimate of drug-likeness (QED) is 0.165. The Labute approximate surface area is 187 Å². The van der Waals surface area contributed by atoms with Gasteiger partial charge in [-0.2, -0.15) is 0 Å². The summed E-state index contributed by atoms with van der Waals surface area (Å²) in [6.45, 7) is 9.74. The number of methoxy groups -OCH3 is 1. The molecule has 0 fully saturated rings. The summed E-state index contributed by atoms with van der Waals surface area (Å²) >= 11 is 0. The number of ether oxygens (including phenoxy) is 2. The van der Waals surface area contributed by atoms with Crippen molar-refractivity contribution in [1.29, 1.82) is 0 Å². The Morgan fingerprint density at radius 3 is 2.61 bits per heavy atom. The number of aliphatic imine (C=N–C) groups is 1. The third kappa shape index (κ3) is 11.1. The molecule has 162 valence electrons. The summed E-state index contributed by atoms with van der Waals surface area (Å²) in [6.07, 6.45) is 3.03. The van der Waals surface area contributed by atoms with Crippen molar-refractivity contribution < 1.29 is 14.6 Å². The Morgan fingerprint density at radius 1 is 1.18 bits per heavy atom. The monoisotopic (exact) mass is 507 g/mol. The number of aryl methyl sites for hydroxylation is 1. The van der Waals surface area contributed by atoms with Crippen molar-refractivity contribution in [2.75, 3.05) is 40.0 Å². The maximum atomic E-state index is 9.23. The zero-order chi connectivity index (χ0) is 19.9. The first-order chi connectivity index (χ1) is 13.1. The van der Waals surface area contributed by atoms with Crippen molar-refractivity contribution in [1.82, 2.24) is 10.6 Å². The average molecular weight is 507 g/mol. The van der Waals surface area contributed by atoms with Crippen LogP contribution in [0, 0.1) is 12.8 Å². The lowest BCUT2D eigenvalue weighted by molar-refractivity contribution is 0.145. The molecule has 0 saturated heterocycles. The molecule has 0 aromatic heterocycles. The van der Waals surface area contributed by atoms with E-state index in [1.165, 1.54) is 0 Å². The molecule has 0 amide bonds. The molecule has 0 saturated carbocycles. The molecule has 6 nitrogen and oxygen atoms in total. The first-order valence-corrected chi connectivity index (χ1v) is 9.98. The highest BCUT2D eigenvalue weighted by Gasteiger charge is 2.09. The van der Waals surface area contributed by atoms with Crippen LogP contribution in [0.2, 0.25) is 0 Å². The molecule has 1 unspecified atom stereocenters. The molecular weight excluding hydrogens is 469 g/mol. The Kier molecular flexibility index (Phi) is 16.2. The van der Waals surface area contributed by atoms with Gasteiger partial charge < -0.3 is 25.2 Å². The van der Waals surface area contributed by atoms with Gasteiger partial charge in [-0.25, -0.2) is 4.99 Å². The summed E-state index contributed by atoms with van der Waals surface area (Å²) in [6, 6.07) is 6.18. The van der Waals surface area contributed by atoms with Gasteiger partial charge in [-0.3, -0.25) is 0 Å². The largest absolute Gasteiger partial charge is 0.491 e. The van der Waals surface area contributed by atoms with Gasteiger partial charge in [0.25, 0.3) is 0 Å². The second-order valence-corrected chi connectivity index (χ2v) is 6.70. The van der Waals surface area contributed by atoms with Crippen LogP contribution in [-0.4, -0.2) is 51.1 Å². The molecule has 0 bridgehead atoms. The number of hydrogen-bond acceptors (Lipinski definition) is 4. The van der Waals surface area contributed by atoms with Crippen LogP contribution in [0.1, 0.15) is 44.2 Å². The highest BCUT2D eigenvalue weighted by atomic mass is 127. The number of hydrogen-bond donors (Lipinski definition) is 3. The predicted octanol–water partition coefficient (Wildman–Crippen LogP) is 3.49. The van der Waals surface area contributed by atoms with E-state index in [0.717, 1.165) is 55.2 Å². The maximum Gasteiger partial charge on any atom is 0.191 e. The maximum absolute atomic E-state index is 9.23. The van der Waals surface area contributed by atoms with Crippen molar-refractivity contribution in [2.24, 2.45) is 10.9 Å². The fourth-order valence-corrected chi connectivity index (χ4v) is 2.85. The molecule has 1 rings (SSSR count). The van der Waals surface area contributed by atoms with Crippen molar-refractivity contribution in [2.45, 2.75) is 46.6 Å². The second kappa shape index (κ2) is 16.9. The topological polar surface area (TPSA) is 75.1 Å². The third-order valence-electron chi connectivity index (χ3n) is 4.31. The van der Waals surface area contributed by atoms with E-state index in [1.807, 2.05) is 6.07 Å². The molecule has 28 heavy (non-hydrogen) atoms. The molecule has 1 aromatic carbocycles. The number of benzene rings is 1. The van der Waals surface area contributed by atoms with Crippen molar-refractivity contribution in [3.05, 3.63) is 29.3 Å². The lowest BCUT2D eigenvalue weighted by atomic mass is 10.0. The van der Waals surface area contributed by atoms with Crippen LogP contribution >= 0.6 is 24.0 Å². The first kappa shape index (κ1) is 26.9. The standard InChI is InChI=1S/C21H37N3O3.HI/c1-5-7-18(10-11-25)15-23-21(22-6-2)24-16-19-9-8-17(3)14-20(19)27-13-12-26-4;/h8-9,14,18,25H,5-7,10-13,15-16H2,1-4H3,(H2,22,23,24);1H. The molecule has 0 radical (unpaired) electrons. The SMILES string of the molecule is CCCC(CCO)CNC(=NCc1ccc(C)cc1OCCOC)NCC.I. The summed E-state index contributed by atoms with van der Waals surface area (Å²) in [4.78, 5) is 4.72. The number of rotatable bonds is 13. The summed E-state index contributed by atoms with van der Waals surface area (Å²) in [5.41, 5.74) is 2.21. The Balaban J connectivity index is 0.00000729. The number of aliphatic hydroxyl groups is 1. The molecule has 1 aromatic rings. The Morgan fingerprint density at radius 2 is 1.96 bits per heavy atom. The Hall–Kier alpha value is -1.06. The minimum Gasteiger partial charge on any atom is -0.491 e.